The average Bonchev–Trinajstić information content (AvgIpc) is 2.93. The van der Waals surface area contributed by atoms with Crippen LogP contribution in [0.1, 0.15) is 20.1 Å². The maximum Gasteiger partial charge on any atom is 0.245 e. The van der Waals surface area contributed by atoms with Gasteiger partial charge < -0.3 is 5.32 Å². The van der Waals surface area contributed by atoms with Gasteiger partial charge in [0.05, 0.1) is 10.9 Å². The Balaban J connectivity index is 2.02. The molecule has 0 fully saturated rings. The van der Waals surface area contributed by atoms with Gasteiger partial charge in [0.1, 0.15) is 0 Å². The highest BCUT2D eigenvalue weighted by Gasteiger charge is 2.28. The van der Waals surface area contributed by atoms with Gasteiger partial charge in [-0.05, 0) is 24.6 Å². The number of amides is 1. The second-order valence-corrected chi connectivity index (χ2v) is 5.83. The predicted molar refractivity (Wildman–Crippen MR) is 80.8 cm³/mol. The zero-order chi connectivity index (χ0) is 15.2. The second kappa shape index (κ2) is 6.82. The zero-order valence-electron chi connectivity index (χ0n) is 11.5. The van der Waals surface area contributed by atoms with Crippen molar-refractivity contribution in [1.82, 2.24) is 5.32 Å². The van der Waals surface area contributed by atoms with Crippen LogP contribution in [0.15, 0.2) is 42.5 Å². The molecule has 0 saturated carbocycles. The number of Topliss-reactive ketones (excluding diaryl/α,β-unsaturated/α-hetero) is 1. The number of hydrogen-bond donors (Lipinski definition) is 1. The number of thiophene rings is 1. The number of rotatable bonds is 5. The van der Waals surface area contributed by atoms with Gasteiger partial charge in [0, 0.05) is 11.4 Å². The first-order chi connectivity index (χ1) is 10.1. The highest BCUT2D eigenvalue weighted by Crippen LogP contribution is 2.19. The summed E-state index contributed by atoms with van der Waals surface area (Å²) < 4.78 is 0. The zero-order valence-corrected chi connectivity index (χ0v) is 12.3. The summed E-state index contributed by atoms with van der Waals surface area (Å²) in [7, 11) is 0. The van der Waals surface area contributed by atoms with Gasteiger partial charge in [0.15, 0.2) is 11.7 Å². The van der Waals surface area contributed by atoms with E-state index in [1.54, 1.807) is 18.2 Å². The van der Waals surface area contributed by atoms with Crippen molar-refractivity contribution >= 4 is 23.0 Å². The SMILES string of the molecule is Cc1ccc(C(=O)[C@@H](C#N)C(=O)NCc2ccccc2)s1. The Morgan fingerprint density at radius 2 is 1.95 bits per heavy atom. The maximum atomic E-state index is 12.2. The fraction of sp³-hybridized carbons (Fsp3) is 0.188. The number of aryl methyl sites for hydroxylation is 1. The van der Waals surface area contributed by atoms with Crippen LogP contribution in [-0.4, -0.2) is 11.7 Å². The third kappa shape index (κ3) is 3.77. The Bertz CT molecular complexity index is 686. The van der Waals surface area contributed by atoms with Crippen LogP contribution in [-0.2, 0) is 11.3 Å². The number of nitrogens with one attached hydrogen (secondary N) is 1. The van der Waals surface area contributed by atoms with E-state index in [0.29, 0.717) is 11.4 Å². The van der Waals surface area contributed by atoms with Crippen molar-refractivity contribution in [3.05, 3.63) is 57.8 Å². The molecule has 0 aliphatic heterocycles. The number of benzene rings is 1. The largest absolute Gasteiger partial charge is 0.350 e. The maximum absolute atomic E-state index is 12.2. The van der Waals surface area contributed by atoms with Crippen molar-refractivity contribution in [2.24, 2.45) is 5.92 Å². The summed E-state index contributed by atoms with van der Waals surface area (Å²) in [5.41, 5.74) is 0.918. The normalized spacial score (nSPS) is 11.4. The molecular formula is C16H14N2O2S. The van der Waals surface area contributed by atoms with Crippen molar-refractivity contribution < 1.29 is 9.59 Å². The van der Waals surface area contributed by atoms with Gasteiger partial charge in [0.2, 0.25) is 5.91 Å². The summed E-state index contributed by atoms with van der Waals surface area (Å²) in [5, 5.41) is 11.7. The molecule has 21 heavy (non-hydrogen) atoms. The first kappa shape index (κ1) is 14.9. The van der Waals surface area contributed by atoms with Gasteiger partial charge in [-0.2, -0.15) is 5.26 Å². The van der Waals surface area contributed by atoms with Crippen LogP contribution in [0.2, 0.25) is 0 Å². The minimum atomic E-state index is -1.30. The van der Waals surface area contributed by atoms with Crippen molar-refractivity contribution in [3.8, 4) is 6.07 Å². The Kier molecular flexibility index (Phi) is 4.85. The third-order valence-electron chi connectivity index (χ3n) is 2.95. The molecule has 1 heterocycles. The second-order valence-electron chi connectivity index (χ2n) is 4.54. The fourth-order valence-electron chi connectivity index (χ4n) is 1.83. The smallest absolute Gasteiger partial charge is 0.245 e. The van der Waals surface area contributed by atoms with E-state index in [4.69, 9.17) is 5.26 Å². The monoisotopic (exact) mass is 298 g/mol. The highest BCUT2D eigenvalue weighted by atomic mass is 32.1. The highest BCUT2D eigenvalue weighted by molar-refractivity contribution is 7.14. The van der Waals surface area contributed by atoms with E-state index >= 15 is 0 Å². The van der Waals surface area contributed by atoms with Crippen molar-refractivity contribution in [1.29, 1.82) is 5.26 Å². The summed E-state index contributed by atoms with van der Waals surface area (Å²) in [5.74, 6) is -2.30. The molecule has 0 unspecified atom stereocenters. The topological polar surface area (TPSA) is 70.0 Å². The summed E-state index contributed by atoms with van der Waals surface area (Å²) >= 11 is 1.29. The van der Waals surface area contributed by atoms with Crippen LogP contribution in [0.25, 0.3) is 0 Å². The molecule has 1 N–H and O–H groups in total. The minimum absolute atomic E-state index is 0.300. The van der Waals surface area contributed by atoms with Crippen LogP contribution < -0.4 is 5.32 Å². The molecule has 0 bridgehead atoms. The lowest BCUT2D eigenvalue weighted by Crippen LogP contribution is -2.34. The van der Waals surface area contributed by atoms with Crippen molar-refractivity contribution in [2.45, 2.75) is 13.5 Å². The number of carbonyl (C=O) groups excluding carboxylic acids is 2. The lowest BCUT2D eigenvalue weighted by atomic mass is 10.0. The van der Waals surface area contributed by atoms with Crippen LogP contribution in [0.4, 0.5) is 0 Å². The van der Waals surface area contributed by atoms with E-state index in [1.165, 1.54) is 11.3 Å². The third-order valence-corrected chi connectivity index (χ3v) is 3.96. The van der Waals surface area contributed by atoms with Crippen LogP contribution in [0.5, 0.6) is 0 Å². The van der Waals surface area contributed by atoms with Gasteiger partial charge in [-0.3, -0.25) is 9.59 Å². The number of carbonyl (C=O) groups is 2. The van der Waals surface area contributed by atoms with Gasteiger partial charge in [0.25, 0.3) is 0 Å². The van der Waals surface area contributed by atoms with Crippen LogP contribution in [0, 0.1) is 24.2 Å². The van der Waals surface area contributed by atoms with Crippen LogP contribution in [0.3, 0.4) is 0 Å². The number of hydrogen-bond acceptors (Lipinski definition) is 4. The van der Waals surface area contributed by atoms with E-state index < -0.39 is 17.6 Å². The van der Waals surface area contributed by atoms with E-state index in [-0.39, 0.29) is 0 Å². The molecule has 4 nitrogen and oxygen atoms in total. The number of nitriles is 1. The van der Waals surface area contributed by atoms with E-state index in [2.05, 4.69) is 5.32 Å². The van der Waals surface area contributed by atoms with Gasteiger partial charge in [-0.25, -0.2) is 0 Å². The molecule has 1 atom stereocenters. The molecule has 0 saturated heterocycles. The average molecular weight is 298 g/mol. The molecular weight excluding hydrogens is 284 g/mol. The molecule has 106 valence electrons. The van der Waals surface area contributed by atoms with Crippen molar-refractivity contribution in [2.75, 3.05) is 0 Å². The molecule has 0 aliphatic rings. The van der Waals surface area contributed by atoms with E-state index in [1.807, 2.05) is 37.3 Å². The molecule has 2 aromatic rings. The molecule has 5 heteroatoms. The lowest BCUT2D eigenvalue weighted by molar-refractivity contribution is -0.122. The molecule has 2 rings (SSSR count). The Hall–Kier alpha value is -2.45. The fourth-order valence-corrected chi connectivity index (χ4v) is 2.67. The van der Waals surface area contributed by atoms with E-state index in [9.17, 15) is 9.59 Å². The molecule has 1 aromatic heterocycles. The van der Waals surface area contributed by atoms with Gasteiger partial charge >= 0.3 is 0 Å². The standard InChI is InChI=1S/C16H14N2O2S/c1-11-7-8-14(21-11)15(19)13(9-17)16(20)18-10-12-5-3-2-4-6-12/h2-8,13H,10H2,1H3,(H,18,20)/t13-/m1/s1. The molecule has 1 amide bonds. The molecule has 0 radical (unpaired) electrons. The van der Waals surface area contributed by atoms with Gasteiger partial charge in [-0.1, -0.05) is 30.3 Å². The summed E-state index contributed by atoms with van der Waals surface area (Å²) in [4.78, 5) is 25.6. The van der Waals surface area contributed by atoms with Crippen LogP contribution >= 0.6 is 11.3 Å². The Labute approximate surface area is 127 Å². The summed E-state index contributed by atoms with van der Waals surface area (Å²) in [6.07, 6.45) is 0. The molecule has 1 aromatic carbocycles. The first-order valence-electron chi connectivity index (χ1n) is 6.43. The Morgan fingerprint density at radius 1 is 1.24 bits per heavy atom. The predicted octanol–water partition coefficient (Wildman–Crippen LogP) is 2.70. The molecule has 0 spiro atoms. The minimum Gasteiger partial charge on any atom is -0.350 e. The van der Waals surface area contributed by atoms with Gasteiger partial charge in [-0.15, -0.1) is 11.3 Å². The number of ketones is 1. The first-order valence-corrected chi connectivity index (χ1v) is 7.25. The summed E-state index contributed by atoms with van der Waals surface area (Å²) in [6.45, 7) is 2.17. The molecule has 0 aliphatic carbocycles. The quantitative estimate of drug-likeness (QED) is 0.681. The lowest BCUT2D eigenvalue weighted by Gasteiger charge is -2.08. The Morgan fingerprint density at radius 3 is 2.52 bits per heavy atom. The number of nitrogens with zero attached hydrogens (tertiary/aromatic N) is 1. The summed E-state index contributed by atoms with van der Waals surface area (Å²) in [6, 6.07) is 14.6. The van der Waals surface area contributed by atoms with E-state index in [0.717, 1.165) is 10.4 Å². The van der Waals surface area contributed by atoms with Crippen molar-refractivity contribution in [3.63, 3.8) is 0 Å².